The monoisotopic (exact) mass is 284 g/mol. The van der Waals surface area contributed by atoms with Crippen molar-refractivity contribution < 1.29 is 9.21 Å². The number of ketones is 1. The predicted molar refractivity (Wildman–Crippen MR) is 80.6 cm³/mol. The molecule has 20 heavy (non-hydrogen) atoms. The standard InChI is InChI=1S/C17H13ClO2/c1-10-6-7-13(18)9-14(10)16(19)15-8-12-5-3-4-11(2)17(12)20-15/h3-9H,1-2H3. The van der Waals surface area contributed by atoms with Crippen molar-refractivity contribution in [3.63, 3.8) is 0 Å². The molecule has 0 bridgehead atoms. The smallest absolute Gasteiger partial charge is 0.228 e. The molecule has 0 saturated heterocycles. The van der Waals surface area contributed by atoms with Gasteiger partial charge >= 0.3 is 0 Å². The molecule has 3 aromatic rings. The lowest BCUT2D eigenvalue weighted by atomic mass is 10.0. The molecule has 3 heteroatoms. The van der Waals surface area contributed by atoms with Crippen LogP contribution < -0.4 is 0 Å². The first-order chi connectivity index (χ1) is 9.56. The topological polar surface area (TPSA) is 30.2 Å². The van der Waals surface area contributed by atoms with Gasteiger partial charge in [0.1, 0.15) is 5.58 Å². The molecule has 0 radical (unpaired) electrons. The van der Waals surface area contributed by atoms with Gasteiger partial charge in [0.15, 0.2) is 5.76 Å². The first-order valence-electron chi connectivity index (χ1n) is 6.36. The third kappa shape index (κ3) is 2.12. The highest BCUT2D eigenvalue weighted by molar-refractivity contribution is 6.31. The minimum absolute atomic E-state index is 0.138. The van der Waals surface area contributed by atoms with Gasteiger partial charge < -0.3 is 4.42 Å². The summed E-state index contributed by atoms with van der Waals surface area (Å²) in [6.45, 7) is 3.85. The summed E-state index contributed by atoms with van der Waals surface area (Å²) in [5.74, 6) is 0.209. The summed E-state index contributed by atoms with van der Waals surface area (Å²) >= 11 is 5.97. The van der Waals surface area contributed by atoms with E-state index in [4.69, 9.17) is 16.0 Å². The molecule has 0 atom stereocenters. The van der Waals surface area contributed by atoms with Crippen molar-refractivity contribution in [3.8, 4) is 0 Å². The molecule has 0 aliphatic carbocycles. The first-order valence-corrected chi connectivity index (χ1v) is 6.74. The van der Waals surface area contributed by atoms with Crippen LogP contribution in [0.2, 0.25) is 5.02 Å². The molecule has 0 N–H and O–H groups in total. The van der Waals surface area contributed by atoms with Gasteiger partial charge in [0, 0.05) is 16.0 Å². The summed E-state index contributed by atoms with van der Waals surface area (Å²) in [6, 6.07) is 12.9. The summed E-state index contributed by atoms with van der Waals surface area (Å²) in [5.41, 5.74) is 3.24. The van der Waals surface area contributed by atoms with Crippen LogP contribution in [0.5, 0.6) is 0 Å². The molecule has 1 heterocycles. The van der Waals surface area contributed by atoms with Crippen molar-refractivity contribution in [3.05, 3.63) is 69.9 Å². The molecule has 0 aliphatic rings. The number of furan rings is 1. The second-order valence-electron chi connectivity index (χ2n) is 4.89. The number of aryl methyl sites for hydroxylation is 2. The Balaban J connectivity index is 2.13. The molecule has 0 aliphatic heterocycles. The molecule has 0 spiro atoms. The minimum Gasteiger partial charge on any atom is -0.452 e. The molecular weight excluding hydrogens is 272 g/mol. The van der Waals surface area contributed by atoms with Gasteiger partial charge in [-0.25, -0.2) is 0 Å². The number of fused-ring (bicyclic) bond motifs is 1. The quantitative estimate of drug-likeness (QED) is 0.624. The van der Waals surface area contributed by atoms with Gasteiger partial charge in [0.2, 0.25) is 5.78 Å². The van der Waals surface area contributed by atoms with Gasteiger partial charge in [-0.3, -0.25) is 4.79 Å². The van der Waals surface area contributed by atoms with Crippen LogP contribution in [0.25, 0.3) is 11.0 Å². The first kappa shape index (κ1) is 12.9. The van der Waals surface area contributed by atoms with Crippen molar-refractivity contribution in [2.45, 2.75) is 13.8 Å². The van der Waals surface area contributed by atoms with Crippen molar-refractivity contribution in [2.75, 3.05) is 0 Å². The largest absolute Gasteiger partial charge is 0.452 e. The number of carbonyl (C=O) groups excluding carboxylic acids is 1. The van der Waals surface area contributed by atoms with Crippen LogP contribution in [-0.4, -0.2) is 5.78 Å². The zero-order valence-corrected chi connectivity index (χ0v) is 12.0. The van der Waals surface area contributed by atoms with Gasteiger partial charge in [-0.05, 0) is 43.2 Å². The van der Waals surface area contributed by atoms with Crippen molar-refractivity contribution in [1.29, 1.82) is 0 Å². The van der Waals surface area contributed by atoms with Gasteiger partial charge in [-0.2, -0.15) is 0 Å². The van der Waals surface area contributed by atoms with Crippen molar-refractivity contribution in [2.24, 2.45) is 0 Å². The Kier molecular flexibility index (Phi) is 3.11. The maximum absolute atomic E-state index is 12.5. The second kappa shape index (κ2) is 4.80. The van der Waals surface area contributed by atoms with E-state index >= 15 is 0 Å². The molecule has 100 valence electrons. The van der Waals surface area contributed by atoms with Crippen LogP contribution in [0.15, 0.2) is 46.9 Å². The Hall–Kier alpha value is -2.06. The Morgan fingerprint density at radius 1 is 1.05 bits per heavy atom. The fraction of sp³-hybridized carbons (Fsp3) is 0.118. The fourth-order valence-corrected chi connectivity index (χ4v) is 2.46. The lowest BCUT2D eigenvalue weighted by Gasteiger charge is -2.03. The zero-order valence-electron chi connectivity index (χ0n) is 11.2. The molecule has 3 rings (SSSR count). The molecule has 0 amide bonds. The maximum Gasteiger partial charge on any atom is 0.228 e. The maximum atomic E-state index is 12.5. The molecular formula is C17H13ClO2. The normalized spacial score (nSPS) is 10.9. The highest BCUT2D eigenvalue weighted by atomic mass is 35.5. The number of carbonyl (C=O) groups is 1. The van der Waals surface area contributed by atoms with Crippen LogP contribution in [0, 0.1) is 13.8 Å². The predicted octanol–water partition coefficient (Wildman–Crippen LogP) is 4.93. The average Bonchev–Trinajstić information content (AvgIpc) is 2.86. The molecule has 0 fully saturated rings. The van der Waals surface area contributed by atoms with Gasteiger partial charge in [-0.1, -0.05) is 35.9 Å². The summed E-state index contributed by atoms with van der Waals surface area (Å²) in [5, 5.41) is 1.49. The lowest BCUT2D eigenvalue weighted by molar-refractivity contribution is 0.101. The third-order valence-electron chi connectivity index (χ3n) is 3.41. The summed E-state index contributed by atoms with van der Waals surface area (Å²) in [6.07, 6.45) is 0. The van der Waals surface area contributed by atoms with E-state index in [9.17, 15) is 4.79 Å². The van der Waals surface area contributed by atoms with E-state index in [2.05, 4.69) is 0 Å². The number of para-hydroxylation sites is 1. The Bertz CT molecular complexity index is 815. The van der Waals surface area contributed by atoms with Gasteiger partial charge in [0.05, 0.1) is 0 Å². The van der Waals surface area contributed by atoms with E-state index in [-0.39, 0.29) is 5.78 Å². The van der Waals surface area contributed by atoms with E-state index in [1.54, 1.807) is 18.2 Å². The van der Waals surface area contributed by atoms with E-state index in [1.165, 1.54) is 0 Å². The molecule has 1 aromatic heterocycles. The number of hydrogen-bond acceptors (Lipinski definition) is 2. The zero-order chi connectivity index (χ0) is 14.3. The lowest BCUT2D eigenvalue weighted by Crippen LogP contribution is -2.02. The van der Waals surface area contributed by atoms with E-state index in [0.29, 0.717) is 16.3 Å². The number of halogens is 1. The molecule has 0 unspecified atom stereocenters. The summed E-state index contributed by atoms with van der Waals surface area (Å²) < 4.78 is 5.72. The van der Waals surface area contributed by atoms with Crippen molar-refractivity contribution in [1.82, 2.24) is 0 Å². The fourth-order valence-electron chi connectivity index (χ4n) is 2.29. The summed E-state index contributed by atoms with van der Waals surface area (Å²) in [7, 11) is 0. The Morgan fingerprint density at radius 3 is 2.60 bits per heavy atom. The SMILES string of the molecule is Cc1ccc(Cl)cc1C(=O)c1cc2cccc(C)c2o1. The number of hydrogen-bond donors (Lipinski definition) is 0. The van der Waals surface area contributed by atoms with E-state index in [0.717, 1.165) is 22.1 Å². The van der Waals surface area contributed by atoms with Crippen LogP contribution in [-0.2, 0) is 0 Å². The van der Waals surface area contributed by atoms with Crippen LogP contribution in [0.1, 0.15) is 27.2 Å². The highest BCUT2D eigenvalue weighted by Gasteiger charge is 2.17. The Morgan fingerprint density at radius 2 is 1.85 bits per heavy atom. The van der Waals surface area contributed by atoms with Crippen LogP contribution >= 0.6 is 11.6 Å². The average molecular weight is 285 g/mol. The van der Waals surface area contributed by atoms with Gasteiger partial charge in [0.25, 0.3) is 0 Å². The van der Waals surface area contributed by atoms with E-state index < -0.39 is 0 Å². The van der Waals surface area contributed by atoms with Crippen LogP contribution in [0.3, 0.4) is 0 Å². The van der Waals surface area contributed by atoms with E-state index in [1.807, 2.05) is 38.1 Å². The molecule has 0 saturated carbocycles. The Labute approximate surface area is 122 Å². The molecule has 2 aromatic carbocycles. The third-order valence-corrected chi connectivity index (χ3v) is 3.64. The van der Waals surface area contributed by atoms with Crippen molar-refractivity contribution >= 4 is 28.4 Å². The highest BCUT2D eigenvalue weighted by Crippen LogP contribution is 2.26. The second-order valence-corrected chi connectivity index (χ2v) is 5.33. The minimum atomic E-state index is -0.138. The summed E-state index contributed by atoms with van der Waals surface area (Å²) in [4.78, 5) is 12.5. The number of benzene rings is 2. The van der Waals surface area contributed by atoms with Gasteiger partial charge in [-0.15, -0.1) is 0 Å². The number of rotatable bonds is 2. The molecule has 2 nitrogen and oxygen atoms in total. The van der Waals surface area contributed by atoms with Crippen LogP contribution in [0.4, 0.5) is 0 Å².